The van der Waals surface area contributed by atoms with E-state index in [4.69, 9.17) is 0 Å². The van der Waals surface area contributed by atoms with Crippen molar-refractivity contribution in [3.8, 4) is 0 Å². The molecule has 0 aliphatic carbocycles. The Morgan fingerprint density at radius 2 is 2.00 bits per heavy atom. The first-order valence-electron chi connectivity index (χ1n) is 7.92. The summed E-state index contributed by atoms with van der Waals surface area (Å²) in [4.78, 5) is 23.2. The fraction of sp³-hybridized carbons (Fsp3) is 0.667. The number of carbonyl (C=O) groups is 1. The zero-order chi connectivity index (χ0) is 14.5. The number of carbonyl (C=O) groups excluding carboxylic acids is 1. The van der Waals surface area contributed by atoms with Gasteiger partial charge in [-0.25, -0.2) is 9.97 Å². The predicted octanol–water partition coefficient (Wildman–Crippen LogP) is 1.79. The minimum atomic E-state index is -0.0932. The Morgan fingerprint density at radius 1 is 1.22 bits per heavy atom. The monoisotopic (exact) mass is 361 g/mol. The van der Waals surface area contributed by atoms with E-state index in [9.17, 15) is 4.79 Å². The van der Waals surface area contributed by atoms with Crippen molar-refractivity contribution in [3.05, 3.63) is 18.0 Å². The Kier molecular flexibility index (Phi) is 8.58. The SMILES string of the molecule is Cl.Cl.O=C(N[C@H]1CCCNC1)c1ccnc(N2CCCCC2)n1. The minimum Gasteiger partial charge on any atom is -0.347 e. The lowest BCUT2D eigenvalue weighted by Gasteiger charge is -2.27. The number of piperidine rings is 2. The van der Waals surface area contributed by atoms with Crippen LogP contribution in [0.15, 0.2) is 12.3 Å². The van der Waals surface area contributed by atoms with Gasteiger partial charge >= 0.3 is 0 Å². The molecule has 1 aromatic heterocycles. The van der Waals surface area contributed by atoms with Crippen LogP contribution < -0.4 is 15.5 Å². The molecule has 0 saturated carbocycles. The number of halogens is 2. The van der Waals surface area contributed by atoms with Crippen LogP contribution in [0.4, 0.5) is 5.95 Å². The summed E-state index contributed by atoms with van der Waals surface area (Å²) >= 11 is 0. The number of nitrogens with one attached hydrogen (secondary N) is 2. The average molecular weight is 362 g/mol. The van der Waals surface area contributed by atoms with E-state index in [0.717, 1.165) is 39.0 Å². The van der Waals surface area contributed by atoms with Gasteiger partial charge in [0.25, 0.3) is 5.91 Å². The standard InChI is InChI=1S/C15H23N5O.2ClH/c21-14(18-12-5-4-7-16-11-12)13-6-8-17-15(19-13)20-9-2-1-3-10-20;;/h6,8,12,16H,1-5,7,9-11H2,(H,18,21);2*1H/t12-;;/m0../s1. The lowest BCUT2D eigenvalue weighted by Crippen LogP contribution is -2.45. The lowest BCUT2D eigenvalue weighted by atomic mass is 10.1. The Bertz CT molecular complexity index is 491. The molecule has 2 saturated heterocycles. The summed E-state index contributed by atoms with van der Waals surface area (Å²) in [5, 5.41) is 6.35. The van der Waals surface area contributed by atoms with Gasteiger partial charge in [-0.2, -0.15) is 0 Å². The molecule has 1 atom stereocenters. The molecule has 6 nitrogen and oxygen atoms in total. The third-order valence-electron chi connectivity index (χ3n) is 4.15. The molecule has 23 heavy (non-hydrogen) atoms. The van der Waals surface area contributed by atoms with Crippen LogP contribution >= 0.6 is 24.8 Å². The van der Waals surface area contributed by atoms with Crippen molar-refractivity contribution in [2.24, 2.45) is 0 Å². The van der Waals surface area contributed by atoms with Crippen molar-refractivity contribution in [1.82, 2.24) is 20.6 Å². The third kappa shape index (κ3) is 5.48. The number of aromatic nitrogens is 2. The van der Waals surface area contributed by atoms with Gasteiger partial charge in [0, 0.05) is 31.9 Å². The highest BCUT2D eigenvalue weighted by Crippen LogP contribution is 2.15. The predicted molar refractivity (Wildman–Crippen MR) is 95.9 cm³/mol. The highest BCUT2D eigenvalue weighted by atomic mass is 35.5. The maximum absolute atomic E-state index is 12.3. The molecule has 8 heteroatoms. The molecule has 0 radical (unpaired) electrons. The summed E-state index contributed by atoms with van der Waals surface area (Å²) in [6.07, 6.45) is 7.44. The molecule has 2 N–H and O–H groups in total. The first kappa shape index (κ1) is 19.9. The van der Waals surface area contributed by atoms with E-state index >= 15 is 0 Å². The van der Waals surface area contributed by atoms with Gasteiger partial charge in [0.1, 0.15) is 5.69 Å². The molecule has 1 aromatic rings. The van der Waals surface area contributed by atoms with E-state index < -0.39 is 0 Å². The fourth-order valence-corrected chi connectivity index (χ4v) is 2.96. The van der Waals surface area contributed by atoms with Gasteiger partial charge in [0.05, 0.1) is 0 Å². The van der Waals surface area contributed by atoms with Crippen LogP contribution in [0.25, 0.3) is 0 Å². The molecule has 2 aliphatic rings. The second-order valence-electron chi connectivity index (χ2n) is 5.81. The number of rotatable bonds is 3. The molecule has 0 aromatic carbocycles. The summed E-state index contributed by atoms with van der Waals surface area (Å²) in [5.74, 6) is 0.591. The minimum absolute atomic E-state index is 0. The molecular formula is C15H25Cl2N5O. The van der Waals surface area contributed by atoms with Crippen LogP contribution in [-0.2, 0) is 0 Å². The summed E-state index contributed by atoms with van der Waals surface area (Å²) in [7, 11) is 0. The lowest BCUT2D eigenvalue weighted by molar-refractivity contribution is 0.0925. The number of hydrogen-bond acceptors (Lipinski definition) is 5. The van der Waals surface area contributed by atoms with Crippen LogP contribution in [0, 0.1) is 0 Å². The molecule has 2 fully saturated rings. The van der Waals surface area contributed by atoms with E-state index in [1.807, 2.05) is 0 Å². The maximum Gasteiger partial charge on any atom is 0.270 e. The van der Waals surface area contributed by atoms with Crippen molar-refractivity contribution in [1.29, 1.82) is 0 Å². The average Bonchev–Trinajstić information content (AvgIpc) is 2.57. The Labute approximate surface area is 149 Å². The van der Waals surface area contributed by atoms with Crippen molar-refractivity contribution in [3.63, 3.8) is 0 Å². The number of anilines is 1. The van der Waals surface area contributed by atoms with Gasteiger partial charge in [-0.1, -0.05) is 0 Å². The highest BCUT2D eigenvalue weighted by molar-refractivity contribution is 5.92. The van der Waals surface area contributed by atoms with Crippen molar-refractivity contribution in [2.75, 3.05) is 31.1 Å². The first-order chi connectivity index (χ1) is 10.3. The molecule has 3 heterocycles. The molecule has 1 amide bonds. The number of nitrogens with zero attached hydrogens (tertiary/aromatic N) is 3. The second-order valence-corrected chi connectivity index (χ2v) is 5.81. The van der Waals surface area contributed by atoms with Crippen LogP contribution in [0.2, 0.25) is 0 Å². The molecule has 3 rings (SSSR count). The smallest absolute Gasteiger partial charge is 0.270 e. The summed E-state index contributed by atoms with van der Waals surface area (Å²) in [6, 6.07) is 1.90. The maximum atomic E-state index is 12.3. The number of hydrogen-bond donors (Lipinski definition) is 2. The Balaban J connectivity index is 0.00000132. The summed E-state index contributed by atoms with van der Waals surface area (Å²) in [6.45, 7) is 3.85. The van der Waals surface area contributed by atoms with Gasteiger partial charge in [-0.15, -0.1) is 24.8 Å². The van der Waals surface area contributed by atoms with Crippen molar-refractivity contribution < 1.29 is 4.79 Å². The molecular weight excluding hydrogens is 337 g/mol. The van der Waals surface area contributed by atoms with Gasteiger partial charge < -0.3 is 15.5 Å². The largest absolute Gasteiger partial charge is 0.347 e. The van der Waals surface area contributed by atoms with Gasteiger partial charge in [0.2, 0.25) is 5.95 Å². The second kappa shape index (κ2) is 9.90. The molecule has 2 aliphatic heterocycles. The van der Waals surface area contributed by atoms with Gasteiger partial charge in [-0.05, 0) is 44.7 Å². The molecule has 0 unspecified atom stereocenters. The van der Waals surface area contributed by atoms with Crippen LogP contribution in [0.3, 0.4) is 0 Å². The van der Waals surface area contributed by atoms with Crippen LogP contribution in [0.1, 0.15) is 42.6 Å². The fourth-order valence-electron chi connectivity index (χ4n) is 2.96. The van der Waals surface area contributed by atoms with Crippen LogP contribution in [-0.4, -0.2) is 48.1 Å². The summed E-state index contributed by atoms with van der Waals surface area (Å²) < 4.78 is 0. The zero-order valence-electron chi connectivity index (χ0n) is 13.2. The van der Waals surface area contributed by atoms with E-state index in [1.54, 1.807) is 12.3 Å². The molecule has 130 valence electrons. The summed E-state index contributed by atoms with van der Waals surface area (Å²) in [5.41, 5.74) is 0.469. The first-order valence-corrected chi connectivity index (χ1v) is 7.92. The highest BCUT2D eigenvalue weighted by Gasteiger charge is 2.19. The van der Waals surface area contributed by atoms with Crippen molar-refractivity contribution >= 4 is 36.7 Å². The topological polar surface area (TPSA) is 70.2 Å². The number of amides is 1. The Morgan fingerprint density at radius 3 is 2.70 bits per heavy atom. The van der Waals surface area contributed by atoms with E-state index in [0.29, 0.717) is 11.6 Å². The quantitative estimate of drug-likeness (QED) is 0.858. The molecule has 0 bridgehead atoms. The van der Waals surface area contributed by atoms with E-state index in [-0.39, 0.29) is 36.8 Å². The van der Waals surface area contributed by atoms with Gasteiger partial charge in [-0.3, -0.25) is 4.79 Å². The van der Waals surface area contributed by atoms with Crippen molar-refractivity contribution in [2.45, 2.75) is 38.1 Å². The third-order valence-corrected chi connectivity index (χ3v) is 4.15. The Hall–Kier alpha value is -1.11. The van der Waals surface area contributed by atoms with E-state index in [1.165, 1.54) is 19.3 Å². The van der Waals surface area contributed by atoms with Gasteiger partial charge in [0.15, 0.2) is 0 Å². The molecule has 0 spiro atoms. The zero-order valence-corrected chi connectivity index (χ0v) is 14.8. The van der Waals surface area contributed by atoms with E-state index in [2.05, 4.69) is 25.5 Å². The van der Waals surface area contributed by atoms with Crippen LogP contribution in [0.5, 0.6) is 0 Å². The normalized spacial score (nSPS) is 20.9.